The summed E-state index contributed by atoms with van der Waals surface area (Å²) < 4.78 is 6.37. The molecule has 31 heavy (non-hydrogen) atoms. The lowest BCUT2D eigenvalue weighted by atomic mass is 9.75. The second-order valence-electron chi connectivity index (χ2n) is 10.7. The van der Waals surface area contributed by atoms with Crippen molar-refractivity contribution in [2.24, 2.45) is 28.2 Å². The van der Waals surface area contributed by atoms with Gasteiger partial charge in [-0.25, -0.2) is 4.79 Å². The standard InChI is InChI=1S/C27H44N2O2/c1-10-24(28-9)29(22-14-12-11-13-20(22)5)25(27(6,7)8)26(30)31-23-17-19(4)15-16-21(23)18(2)3/h11-14,18-19,21,23,25H,10,15-17H2,1-9H3/b28-24+/t19-,21+,23-,25+/m1/s1. The monoisotopic (exact) mass is 428 g/mol. The summed E-state index contributed by atoms with van der Waals surface area (Å²) in [5, 5.41) is 0. The number of amidine groups is 1. The maximum absolute atomic E-state index is 13.9. The van der Waals surface area contributed by atoms with Crippen LogP contribution in [0.3, 0.4) is 0 Å². The summed E-state index contributed by atoms with van der Waals surface area (Å²) in [4.78, 5) is 20.6. The minimum atomic E-state index is -0.447. The molecule has 1 aromatic carbocycles. The summed E-state index contributed by atoms with van der Waals surface area (Å²) in [6.45, 7) is 17.3. The molecule has 0 radical (unpaired) electrons. The van der Waals surface area contributed by atoms with E-state index in [9.17, 15) is 4.79 Å². The smallest absolute Gasteiger partial charge is 0.330 e. The predicted octanol–water partition coefficient (Wildman–Crippen LogP) is 6.66. The number of aryl methyl sites for hydroxylation is 1. The zero-order chi connectivity index (χ0) is 23.3. The first-order valence-electron chi connectivity index (χ1n) is 12.0. The summed E-state index contributed by atoms with van der Waals surface area (Å²) in [6, 6.07) is 7.79. The Balaban J connectivity index is 2.48. The number of anilines is 1. The van der Waals surface area contributed by atoms with Gasteiger partial charge in [0.2, 0.25) is 0 Å². The van der Waals surface area contributed by atoms with Gasteiger partial charge in [0.05, 0.1) is 0 Å². The zero-order valence-corrected chi connectivity index (χ0v) is 21.2. The highest BCUT2D eigenvalue weighted by molar-refractivity contribution is 6.03. The molecule has 2 rings (SSSR count). The Morgan fingerprint density at radius 3 is 2.39 bits per heavy atom. The molecule has 1 aliphatic rings. The summed E-state index contributed by atoms with van der Waals surface area (Å²) in [6.07, 6.45) is 4.05. The highest BCUT2D eigenvalue weighted by atomic mass is 16.5. The summed E-state index contributed by atoms with van der Waals surface area (Å²) in [5.74, 6) is 2.31. The molecule has 0 bridgehead atoms. The van der Waals surface area contributed by atoms with Crippen LogP contribution in [0, 0.1) is 30.1 Å². The van der Waals surface area contributed by atoms with Gasteiger partial charge in [-0.3, -0.25) is 4.99 Å². The van der Waals surface area contributed by atoms with Crippen molar-refractivity contribution < 1.29 is 9.53 Å². The molecule has 0 spiro atoms. The molecule has 4 atom stereocenters. The van der Waals surface area contributed by atoms with Gasteiger partial charge >= 0.3 is 5.97 Å². The maximum atomic E-state index is 13.9. The van der Waals surface area contributed by atoms with Crippen molar-refractivity contribution in [2.45, 2.75) is 93.2 Å². The fourth-order valence-electron chi connectivity index (χ4n) is 5.01. The van der Waals surface area contributed by atoms with Gasteiger partial charge in [-0.2, -0.15) is 0 Å². The van der Waals surface area contributed by atoms with E-state index in [1.54, 1.807) is 0 Å². The molecule has 4 heteroatoms. The number of carbonyl (C=O) groups is 1. The number of hydrogen-bond acceptors (Lipinski definition) is 3. The van der Waals surface area contributed by atoms with E-state index in [0.29, 0.717) is 17.8 Å². The molecular formula is C27H44N2O2. The fourth-order valence-corrected chi connectivity index (χ4v) is 5.01. The highest BCUT2D eigenvalue weighted by Crippen LogP contribution is 2.38. The average Bonchev–Trinajstić information content (AvgIpc) is 2.67. The van der Waals surface area contributed by atoms with Crippen molar-refractivity contribution in [3.05, 3.63) is 29.8 Å². The highest BCUT2D eigenvalue weighted by Gasteiger charge is 2.43. The third kappa shape index (κ3) is 6.11. The van der Waals surface area contributed by atoms with Gasteiger partial charge in [0.1, 0.15) is 18.0 Å². The van der Waals surface area contributed by atoms with E-state index >= 15 is 0 Å². The lowest BCUT2D eigenvalue weighted by molar-refractivity contribution is -0.160. The molecule has 0 unspecified atom stereocenters. The van der Waals surface area contributed by atoms with Gasteiger partial charge in [-0.1, -0.05) is 73.1 Å². The van der Waals surface area contributed by atoms with E-state index in [-0.39, 0.29) is 17.5 Å². The molecule has 4 nitrogen and oxygen atoms in total. The van der Waals surface area contributed by atoms with Crippen LogP contribution < -0.4 is 4.90 Å². The normalized spacial score (nSPS) is 23.5. The van der Waals surface area contributed by atoms with E-state index < -0.39 is 6.04 Å². The van der Waals surface area contributed by atoms with Gasteiger partial charge in [-0.05, 0) is 54.6 Å². The Morgan fingerprint density at radius 2 is 1.87 bits per heavy atom. The van der Waals surface area contributed by atoms with Crippen molar-refractivity contribution in [1.82, 2.24) is 0 Å². The number of para-hydroxylation sites is 1. The number of carbonyl (C=O) groups excluding carboxylic acids is 1. The molecule has 0 heterocycles. The van der Waals surface area contributed by atoms with Crippen LogP contribution in [0.5, 0.6) is 0 Å². The first-order valence-corrected chi connectivity index (χ1v) is 12.0. The lowest BCUT2D eigenvalue weighted by Crippen LogP contribution is -2.54. The predicted molar refractivity (Wildman–Crippen MR) is 132 cm³/mol. The number of benzene rings is 1. The lowest BCUT2D eigenvalue weighted by Gasteiger charge is -2.43. The van der Waals surface area contributed by atoms with Crippen molar-refractivity contribution in [3.63, 3.8) is 0 Å². The Morgan fingerprint density at radius 1 is 1.23 bits per heavy atom. The topological polar surface area (TPSA) is 41.9 Å². The minimum Gasteiger partial charge on any atom is -0.461 e. The molecule has 1 fully saturated rings. The number of rotatable bonds is 6. The second-order valence-corrected chi connectivity index (χ2v) is 10.7. The molecule has 1 aliphatic carbocycles. The third-order valence-electron chi connectivity index (χ3n) is 6.76. The van der Waals surface area contributed by atoms with Crippen LogP contribution >= 0.6 is 0 Å². The largest absolute Gasteiger partial charge is 0.461 e. The van der Waals surface area contributed by atoms with Gasteiger partial charge in [0, 0.05) is 19.2 Å². The Hall–Kier alpha value is -1.84. The van der Waals surface area contributed by atoms with Crippen LogP contribution in [0.4, 0.5) is 5.69 Å². The SMILES string of the molecule is CC/C(=N\C)N(c1ccccc1C)[C@@H](C(=O)O[C@@H]1C[C@H](C)CC[C@H]1C(C)C)C(C)(C)C. The number of aliphatic imine (C=N–C) groups is 1. The average molecular weight is 429 g/mol. The summed E-state index contributed by atoms with van der Waals surface area (Å²) in [5.41, 5.74) is 1.84. The van der Waals surface area contributed by atoms with E-state index in [1.807, 2.05) is 19.2 Å². The van der Waals surface area contributed by atoms with E-state index in [2.05, 4.69) is 77.4 Å². The minimum absolute atomic E-state index is 0.0107. The molecule has 0 amide bonds. The van der Waals surface area contributed by atoms with Crippen LogP contribution in [0.15, 0.2) is 29.3 Å². The van der Waals surface area contributed by atoms with Crippen LogP contribution in [-0.4, -0.2) is 31.0 Å². The number of ether oxygens (including phenoxy) is 1. The molecule has 0 aromatic heterocycles. The van der Waals surface area contributed by atoms with Crippen LogP contribution in [-0.2, 0) is 9.53 Å². The molecule has 0 saturated heterocycles. The van der Waals surface area contributed by atoms with Crippen molar-refractivity contribution in [1.29, 1.82) is 0 Å². The van der Waals surface area contributed by atoms with E-state index in [0.717, 1.165) is 36.3 Å². The maximum Gasteiger partial charge on any atom is 0.330 e. The molecular weight excluding hydrogens is 384 g/mol. The van der Waals surface area contributed by atoms with E-state index in [4.69, 9.17) is 4.74 Å². The van der Waals surface area contributed by atoms with E-state index in [1.165, 1.54) is 6.42 Å². The second kappa shape index (κ2) is 10.7. The van der Waals surface area contributed by atoms with Crippen LogP contribution in [0.25, 0.3) is 0 Å². The number of hydrogen-bond donors (Lipinski definition) is 0. The number of nitrogens with zero attached hydrogens (tertiary/aromatic N) is 2. The van der Waals surface area contributed by atoms with Gasteiger partial charge < -0.3 is 9.64 Å². The van der Waals surface area contributed by atoms with Gasteiger partial charge in [-0.15, -0.1) is 0 Å². The van der Waals surface area contributed by atoms with Crippen LogP contribution in [0.1, 0.15) is 79.7 Å². The van der Waals surface area contributed by atoms with Crippen molar-refractivity contribution in [2.75, 3.05) is 11.9 Å². The molecule has 1 saturated carbocycles. The molecule has 174 valence electrons. The van der Waals surface area contributed by atoms with Crippen LogP contribution in [0.2, 0.25) is 0 Å². The summed E-state index contributed by atoms with van der Waals surface area (Å²) >= 11 is 0. The molecule has 0 aliphatic heterocycles. The van der Waals surface area contributed by atoms with Crippen molar-refractivity contribution in [3.8, 4) is 0 Å². The quantitative estimate of drug-likeness (QED) is 0.289. The Labute approximate surface area is 190 Å². The fraction of sp³-hybridized carbons (Fsp3) is 0.704. The summed E-state index contributed by atoms with van der Waals surface area (Å²) in [7, 11) is 1.81. The zero-order valence-electron chi connectivity index (χ0n) is 21.2. The third-order valence-corrected chi connectivity index (χ3v) is 6.76. The number of esters is 1. The first kappa shape index (κ1) is 25.4. The van der Waals surface area contributed by atoms with Gasteiger partial charge in [0.25, 0.3) is 0 Å². The Kier molecular flexibility index (Phi) is 8.73. The molecule has 1 aromatic rings. The Bertz CT molecular complexity index is 763. The van der Waals surface area contributed by atoms with Crippen molar-refractivity contribution >= 4 is 17.5 Å². The van der Waals surface area contributed by atoms with Gasteiger partial charge in [0.15, 0.2) is 0 Å². The first-order chi connectivity index (χ1) is 14.5. The molecule has 0 N–H and O–H groups in total.